The largest absolute Gasteiger partial charge is 0.547 e. The molecular weight excluding hydrogens is 163 g/mol. The van der Waals surface area contributed by atoms with Gasteiger partial charge in [0.2, 0.25) is 0 Å². The first-order valence-electron chi connectivity index (χ1n) is 3.10. The lowest BCUT2D eigenvalue weighted by atomic mass is 10.3. The molecule has 0 radical (unpaired) electrons. The molecular formula is C7H8O3P+. The average Bonchev–Trinajstić information content (AvgIpc) is 2.03. The molecule has 0 aliphatic heterocycles. The van der Waals surface area contributed by atoms with Gasteiger partial charge < -0.3 is 4.74 Å². The summed E-state index contributed by atoms with van der Waals surface area (Å²) in [6.45, 7) is 0. The Bertz CT molecular complexity index is 235. The normalized spacial score (nSPS) is 10.8. The van der Waals surface area contributed by atoms with E-state index >= 15 is 0 Å². The van der Waals surface area contributed by atoms with E-state index in [0.717, 1.165) is 0 Å². The predicted octanol–water partition coefficient (Wildman–Crippen LogP) is 1.76. The molecule has 11 heavy (non-hydrogen) atoms. The maximum atomic E-state index is 10.2. The van der Waals surface area contributed by atoms with Crippen molar-refractivity contribution >= 4 is 8.03 Å². The van der Waals surface area contributed by atoms with Gasteiger partial charge in [-0.15, -0.1) is 0 Å². The van der Waals surface area contributed by atoms with Crippen LogP contribution in [0.5, 0.6) is 5.75 Å². The Kier molecular flexibility index (Phi) is 3.02. The quantitative estimate of drug-likeness (QED) is 0.704. The van der Waals surface area contributed by atoms with Gasteiger partial charge >= 0.3 is 14.4 Å². The highest BCUT2D eigenvalue weighted by Gasteiger charge is 2.09. The Morgan fingerprint density at radius 1 is 1.36 bits per heavy atom. The Balaban J connectivity index is 2.45. The van der Waals surface area contributed by atoms with E-state index in [0.29, 0.717) is 5.75 Å². The van der Waals surface area contributed by atoms with Gasteiger partial charge in [0.05, 0.1) is 0 Å². The molecule has 1 unspecified atom stereocenters. The van der Waals surface area contributed by atoms with Gasteiger partial charge in [0.1, 0.15) is 5.75 Å². The molecule has 0 aliphatic carbocycles. The number of benzene rings is 1. The van der Waals surface area contributed by atoms with E-state index in [9.17, 15) is 4.57 Å². The van der Waals surface area contributed by atoms with E-state index in [4.69, 9.17) is 9.63 Å². The second-order valence-corrected chi connectivity index (χ2v) is 2.90. The topological polar surface area (TPSA) is 46.5 Å². The first-order valence-corrected chi connectivity index (χ1v) is 4.50. The maximum absolute atomic E-state index is 10.2. The molecule has 0 bridgehead atoms. The molecule has 3 nitrogen and oxygen atoms in total. The number of para-hydroxylation sites is 1. The monoisotopic (exact) mass is 171 g/mol. The van der Waals surface area contributed by atoms with E-state index in [1.807, 2.05) is 6.07 Å². The third-order valence-electron chi connectivity index (χ3n) is 1.08. The van der Waals surface area contributed by atoms with Crippen LogP contribution < -0.4 is 4.74 Å². The molecule has 0 aromatic heterocycles. The zero-order valence-electron chi connectivity index (χ0n) is 5.80. The lowest BCUT2D eigenvalue weighted by Gasteiger charge is -1.95. The molecule has 0 amide bonds. The maximum Gasteiger partial charge on any atom is 0.547 e. The first kappa shape index (κ1) is 8.18. The Morgan fingerprint density at radius 3 is 2.55 bits per heavy atom. The first-order chi connectivity index (χ1) is 5.29. The van der Waals surface area contributed by atoms with Gasteiger partial charge in [0.15, 0.2) is 0 Å². The molecule has 58 valence electrons. The van der Waals surface area contributed by atoms with Gasteiger partial charge in [-0.3, -0.25) is 0 Å². The minimum Gasteiger partial charge on any atom is -0.446 e. The van der Waals surface area contributed by atoms with Gasteiger partial charge in [-0.1, -0.05) is 18.2 Å². The van der Waals surface area contributed by atoms with Crippen LogP contribution in [0.15, 0.2) is 30.3 Å². The average molecular weight is 171 g/mol. The molecule has 1 atom stereocenters. The van der Waals surface area contributed by atoms with Crippen LogP contribution in [0.25, 0.3) is 0 Å². The summed E-state index contributed by atoms with van der Waals surface area (Å²) in [5, 5.41) is 0. The zero-order chi connectivity index (χ0) is 8.10. The third kappa shape index (κ3) is 3.12. The number of hydrogen-bond acceptors (Lipinski definition) is 2. The standard InChI is InChI=1S/C7H7O3P/c8-11(9)6-10-7-4-2-1-3-5-7/h1-5H,6H2/p+1. The minimum atomic E-state index is -2.20. The van der Waals surface area contributed by atoms with Crippen molar-refractivity contribution < 1.29 is 14.2 Å². The summed E-state index contributed by atoms with van der Waals surface area (Å²) in [5.74, 6) is 0.616. The van der Waals surface area contributed by atoms with Gasteiger partial charge in [0, 0.05) is 0 Å². The van der Waals surface area contributed by atoms with Crippen LogP contribution in [0.4, 0.5) is 0 Å². The number of ether oxygens (including phenoxy) is 1. The lowest BCUT2D eigenvalue weighted by Crippen LogP contribution is -1.90. The second kappa shape index (κ2) is 4.06. The Morgan fingerprint density at radius 2 is 2.00 bits per heavy atom. The van der Waals surface area contributed by atoms with Crippen LogP contribution in [0.1, 0.15) is 0 Å². The van der Waals surface area contributed by atoms with Crippen LogP contribution in [-0.4, -0.2) is 11.2 Å². The second-order valence-electron chi connectivity index (χ2n) is 1.94. The Labute approximate surface area is 65.5 Å². The fraction of sp³-hybridized carbons (Fsp3) is 0.143. The summed E-state index contributed by atoms with van der Waals surface area (Å²) in [4.78, 5) is 8.40. The van der Waals surface area contributed by atoms with Gasteiger partial charge in [-0.05, 0) is 16.7 Å². The van der Waals surface area contributed by atoms with Crippen molar-refractivity contribution in [3.05, 3.63) is 30.3 Å². The molecule has 1 N–H and O–H groups in total. The summed E-state index contributed by atoms with van der Waals surface area (Å²) in [5.41, 5.74) is 0. The van der Waals surface area contributed by atoms with Crippen molar-refractivity contribution in [3.8, 4) is 5.75 Å². The molecule has 4 heteroatoms. The summed E-state index contributed by atoms with van der Waals surface area (Å²) in [7, 11) is -2.20. The molecule has 1 rings (SSSR count). The third-order valence-corrected chi connectivity index (χ3v) is 1.43. The van der Waals surface area contributed by atoms with Crippen LogP contribution >= 0.6 is 8.03 Å². The van der Waals surface area contributed by atoms with E-state index in [1.54, 1.807) is 24.3 Å². The fourth-order valence-electron chi connectivity index (χ4n) is 0.646. The van der Waals surface area contributed by atoms with Crippen molar-refractivity contribution in [2.24, 2.45) is 0 Å². The van der Waals surface area contributed by atoms with E-state index in [2.05, 4.69) is 0 Å². The Hall–Kier alpha value is -0.920. The minimum absolute atomic E-state index is 0.140. The highest BCUT2D eigenvalue weighted by atomic mass is 31.1. The summed E-state index contributed by atoms with van der Waals surface area (Å²) in [6, 6.07) is 8.93. The molecule has 0 saturated carbocycles. The molecule has 1 aromatic carbocycles. The lowest BCUT2D eigenvalue weighted by molar-refractivity contribution is 0.360. The van der Waals surface area contributed by atoms with Crippen LogP contribution in [0, 0.1) is 0 Å². The number of rotatable bonds is 3. The van der Waals surface area contributed by atoms with E-state index in [-0.39, 0.29) is 6.35 Å². The van der Waals surface area contributed by atoms with Gasteiger partial charge in [0.25, 0.3) is 0 Å². The summed E-state index contributed by atoms with van der Waals surface area (Å²) >= 11 is 0. The van der Waals surface area contributed by atoms with Crippen molar-refractivity contribution in [2.75, 3.05) is 6.35 Å². The summed E-state index contributed by atoms with van der Waals surface area (Å²) in [6.07, 6.45) is -0.140. The van der Waals surface area contributed by atoms with Gasteiger partial charge in [-0.25, -0.2) is 0 Å². The number of hydrogen-bond donors (Lipinski definition) is 1. The van der Waals surface area contributed by atoms with Crippen molar-refractivity contribution in [2.45, 2.75) is 0 Å². The van der Waals surface area contributed by atoms with Crippen LogP contribution in [-0.2, 0) is 4.57 Å². The molecule has 0 aliphatic rings. The van der Waals surface area contributed by atoms with E-state index in [1.165, 1.54) is 0 Å². The van der Waals surface area contributed by atoms with Crippen molar-refractivity contribution in [1.82, 2.24) is 0 Å². The van der Waals surface area contributed by atoms with Gasteiger partial charge in [-0.2, -0.15) is 4.89 Å². The van der Waals surface area contributed by atoms with Crippen molar-refractivity contribution in [1.29, 1.82) is 0 Å². The molecule has 0 heterocycles. The molecule has 0 saturated heterocycles. The predicted molar refractivity (Wildman–Crippen MR) is 41.8 cm³/mol. The highest BCUT2D eigenvalue weighted by molar-refractivity contribution is 7.37. The highest BCUT2D eigenvalue weighted by Crippen LogP contribution is 2.16. The summed E-state index contributed by atoms with van der Waals surface area (Å²) < 4.78 is 15.1. The van der Waals surface area contributed by atoms with Crippen LogP contribution in [0.2, 0.25) is 0 Å². The van der Waals surface area contributed by atoms with E-state index < -0.39 is 8.03 Å². The van der Waals surface area contributed by atoms with Crippen molar-refractivity contribution in [3.63, 3.8) is 0 Å². The molecule has 1 aromatic rings. The SMILES string of the molecule is O=[P+](O)COc1ccccc1. The van der Waals surface area contributed by atoms with Crippen LogP contribution in [0.3, 0.4) is 0 Å². The zero-order valence-corrected chi connectivity index (χ0v) is 6.70. The smallest absolute Gasteiger partial charge is 0.446 e. The fourth-order valence-corrected chi connectivity index (χ4v) is 0.906. The molecule has 0 fully saturated rings. The molecule has 0 spiro atoms.